The van der Waals surface area contributed by atoms with Crippen LogP contribution in [-0.4, -0.2) is 26.9 Å². The third-order valence-electron chi connectivity index (χ3n) is 4.79. The Balaban J connectivity index is 1.52. The SMILES string of the molecule is O=C(NCCc1ccc(S(=O)(=O)NC2CCCC2)cc1)c1ccc(Cl)c(Cl)c1. The summed E-state index contributed by atoms with van der Waals surface area (Å²) in [4.78, 5) is 12.4. The van der Waals surface area contributed by atoms with E-state index in [1.807, 2.05) is 0 Å². The van der Waals surface area contributed by atoms with Gasteiger partial charge in [-0.25, -0.2) is 13.1 Å². The van der Waals surface area contributed by atoms with Gasteiger partial charge in [-0.2, -0.15) is 0 Å². The molecular formula is C20H22Cl2N2O3S. The van der Waals surface area contributed by atoms with Gasteiger partial charge in [0.25, 0.3) is 5.91 Å². The summed E-state index contributed by atoms with van der Waals surface area (Å²) in [6.45, 7) is 0.422. The van der Waals surface area contributed by atoms with Crippen molar-refractivity contribution >= 4 is 39.1 Å². The fourth-order valence-corrected chi connectivity index (χ4v) is 4.83. The minimum Gasteiger partial charge on any atom is -0.352 e. The number of carbonyl (C=O) groups excluding carboxylic acids is 1. The molecule has 2 aromatic carbocycles. The van der Waals surface area contributed by atoms with Crippen LogP contribution in [0.5, 0.6) is 0 Å². The van der Waals surface area contributed by atoms with Crippen molar-refractivity contribution in [2.75, 3.05) is 6.54 Å². The summed E-state index contributed by atoms with van der Waals surface area (Å²) in [5, 5.41) is 3.55. The van der Waals surface area contributed by atoms with Gasteiger partial charge in [0, 0.05) is 18.2 Å². The smallest absolute Gasteiger partial charge is 0.251 e. The van der Waals surface area contributed by atoms with Gasteiger partial charge < -0.3 is 5.32 Å². The molecule has 150 valence electrons. The van der Waals surface area contributed by atoms with Gasteiger partial charge in [0.15, 0.2) is 0 Å². The number of carbonyl (C=O) groups is 1. The van der Waals surface area contributed by atoms with Crippen molar-refractivity contribution < 1.29 is 13.2 Å². The molecule has 0 heterocycles. The lowest BCUT2D eigenvalue weighted by Gasteiger charge is -2.13. The molecule has 0 atom stereocenters. The van der Waals surface area contributed by atoms with Crippen LogP contribution in [0.25, 0.3) is 0 Å². The lowest BCUT2D eigenvalue weighted by molar-refractivity contribution is 0.0954. The summed E-state index contributed by atoms with van der Waals surface area (Å²) in [6, 6.07) is 11.5. The van der Waals surface area contributed by atoms with Crippen molar-refractivity contribution in [1.29, 1.82) is 0 Å². The Morgan fingerprint density at radius 2 is 1.68 bits per heavy atom. The molecular weight excluding hydrogens is 419 g/mol. The third-order valence-corrected chi connectivity index (χ3v) is 7.07. The monoisotopic (exact) mass is 440 g/mol. The quantitative estimate of drug-likeness (QED) is 0.677. The minimum atomic E-state index is -3.48. The van der Waals surface area contributed by atoms with Crippen LogP contribution in [0, 0.1) is 0 Å². The fourth-order valence-electron chi connectivity index (χ4n) is 3.23. The van der Waals surface area contributed by atoms with Gasteiger partial charge in [-0.1, -0.05) is 48.2 Å². The van der Waals surface area contributed by atoms with Gasteiger partial charge in [-0.15, -0.1) is 0 Å². The molecule has 1 aliphatic carbocycles. The maximum atomic E-state index is 12.4. The van der Waals surface area contributed by atoms with Gasteiger partial charge >= 0.3 is 0 Å². The first-order chi connectivity index (χ1) is 13.3. The van der Waals surface area contributed by atoms with Crippen molar-refractivity contribution in [3.8, 4) is 0 Å². The number of nitrogens with one attached hydrogen (secondary N) is 2. The maximum Gasteiger partial charge on any atom is 0.251 e. The number of sulfonamides is 1. The first-order valence-corrected chi connectivity index (χ1v) is 11.4. The number of amides is 1. The van der Waals surface area contributed by atoms with Gasteiger partial charge in [-0.05, 0) is 55.2 Å². The van der Waals surface area contributed by atoms with Crippen molar-refractivity contribution in [2.24, 2.45) is 0 Å². The standard InChI is InChI=1S/C20H22Cl2N2O3S/c21-18-10-7-15(13-19(18)22)20(25)23-12-11-14-5-8-17(9-6-14)28(26,27)24-16-3-1-2-4-16/h5-10,13,16,24H,1-4,11-12H2,(H,23,25). The van der Waals surface area contributed by atoms with Crippen molar-refractivity contribution in [1.82, 2.24) is 10.0 Å². The number of halogens is 2. The van der Waals surface area contributed by atoms with E-state index in [2.05, 4.69) is 10.0 Å². The Hall–Kier alpha value is -1.60. The molecule has 1 saturated carbocycles. The van der Waals surface area contributed by atoms with E-state index < -0.39 is 10.0 Å². The molecule has 3 rings (SSSR count). The molecule has 0 saturated heterocycles. The van der Waals surface area contributed by atoms with E-state index in [1.54, 1.807) is 36.4 Å². The molecule has 0 unspecified atom stereocenters. The van der Waals surface area contributed by atoms with Crippen molar-refractivity contribution in [2.45, 2.75) is 43.0 Å². The average Bonchev–Trinajstić information content (AvgIpc) is 3.16. The topological polar surface area (TPSA) is 75.3 Å². The Kier molecular flexibility index (Phi) is 6.99. The summed E-state index contributed by atoms with van der Waals surface area (Å²) < 4.78 is 27.6. The van der Waals surface area contributed by atoms with Crippen LogP contribution < -0.4 is 10.0 Å². The van der Waals surface area contributed by atoms with Crippen LogP contribution in [0.15, 0.2) is 47.4 Å². The van der Waals surface area contributed by atoms with Gasteiger partial charge in [0.2, 0.25) is 10.0 Å². The lowest BCUT2D eigenvalue weighted by atomic mass is 10.1. The van der Waals surface area contributed by atoms with E-state index in [1.165, 1.54) is 6.07 Å². The summed E-state index contributed by atoms with van der Waals surface area (Å²) in [5.41, 5.74) is 1.38. The molecule has 1 fully saturated rings. The Morgan fingerprint density at radius 3 is 2.32 bits per heavy atom. The zero-order valence-corrected chi connectivity index (χ0v) is 17.6. The molecule has 1 amide bonds. The number of hydrogen-bond donors (Lipinski definition) is 2. The zero-order valence-electron chi connectivity index (χ0n) is 15.3. The minimum absolute atomic E-state index is 0.0428. The van der Waals surface area contributed by atoms with Gasteiger partial charge in [-0.3, -0.25) is 4.79 Å². The summed E-state index contributed by atoms with van der Waals surface area (Å²) in [5.74, 6) is -0.237. The maximum absolute atomic E-state index is 12.4. The molecule has 0 aromatic heterocycles. The van der Waals surface area contributed by atoms with Crippen LogP contribution in [0.2, 0.25) is 10.0 Å². The normalized spacial score (nSPS) is 14.9. The van der Waals surface area contributed by atoms with Crippen LogP contribution in [0.4, 0.5) is 0 Å². The molecule has 2 aromatic rings. The van der Waals surface area contributed by atoms with Crippen LogP contribution in [0.1, 0.15) is 41.6 Å². The van der Waals surface area contributed by atoms with Gasteiger partial charge in [0.05, 0.1) is 14.9 Å². The Labute approximate surface area is 175 Å². The molecule has 0 spiro atoms. The van der Waals surface area contributed by atoms with Crippen LogP contribution in [0.3, 0.4) is 0 Å². The van der Waals surface area contributed by atoms with Gasteiger partial charge in [0.1, 0.15) is 0 Å². The summed E-state index contributed by atoms with van der Waals surface area (Å²) in [6.07, 6.45) is 4.52. The van der Waals surface area contributed by atoms with E-state index in [9.17, 15) is 13.2 Å². The molecule has 28 heavy (non-hydrogen) atoms. The zero-order chi connectivity index (χ0) is 20.1. The number of rotatable bonds is 7. The fraction of sp³-hybridized carbons (Fsp3) is 0.350. The number of hydrogen-bond acceptors (Lipinski definition) is 3. The third kappa shape index (κ3) is 5.47. The highest BCUT2D eigenvalue weighted by Gasteiger charge is 2.22. The summed E-state index contributed by atoms with van der Waals surface area (Å²) in [7, 11) is -3.48. The van der Waals surface area contributed by atoms with Crippen LogP contribution in [-0.2, 0) is 16.4 Å². The molecule has 0 bridgehead atoms. The van der Waals surface area contributed by atoms with E-state index in [-0.39, 0.29) is 16.8 Å². The lowest BCUT2D eigenvalue weighted by Crippen LogP contribution is -2.32. The van der Waals surface area contributed by atoms with E-state index in [0.717, 1.165) is 31.2 Å². The highest BCUT2D eigenvalue weighted by molar-refractivity contribution is 7.89. The second-order valence-electron chi connectivity index (χ2n) is 6.88. The Bertz CT molecular complexity index is 940. The Morgan fingerprint density at radius 1 is 1.00 bits per heavy atom. The first-order valence-electron chi connectivity index (χ1n) is 9.20. The molecule has 1 aliphatic rings. The highest BCUT2D eigenvalue weighted by Crippen LogP contribution is 2.23. The molecule has 8 heteroatoms. The first kappa shape index (κ1) is 21.1. The molecule has 5 nitrogen and oxygen atoms in total. The average molecular weight is 441 g/mol. The molecule has 0 aliphatic heterocycles. The largest absolute Gasteiger partial charge is 0.352 e. The van der Waals surface area contributed by atoms with E-state index >= 15 is 0 Å². The summed E-state index contributed by atoms with van der Waals surface area (Å²) >= 11 is 11.8. The van der Waals surface area contributed by atoms with Crippen molar-refractivity contribution in [3.63, 3.8) is 0 Å². The van der Waals surface area contributed by atoms with Crippen LogP contribution >= 0.6 is 23.2 Å². The predicted molar refractivity (Wildman–Crippen MR) is 112 cm³/mol. The van der Waals surface area contributed by atoms with Crippen molar-refractivity contribution in [3.05, 3.63) is 63.6 Å². The van der Waals surface area contributed by atoms with E-state index in [4.69, 9.17) is 23.2 Å². The second kappa shape index (κ2) is 9.27. The second-order valence-corrected chi connectivity index (χ2v) is 9.41. The highest BCUT2D eigenvalue weighted by atomic mass is 35.5. The van der Waals surface area contributed by atoms with E-state index in [0.29, 0.717) is 28.6 Å². The number of benzene rings is 2. The predicted octanol–water partition coefficient (Wildman–Crippen LogP) is 4.19. The molecule has 2 N–H and O–H groups in total. The molecule has 0 radical (unpaired) electrons.